The number of piperidine rings is 1. The first-order chi connectivity index (χ1) is 13.0. The van der Waals surface area contributed by atoms with Crippen LogP contribution in [0.2, 0.25) is 0 Å². The smallest absolute Gasteiger partial charge is 0.317 e. The van der Waals surface area contributed by atoms with E-state index in [1.807, 2.05) is 18.2 Å². The highest BCUT2D eigenvalue weighted by Gasteiger charge is 2.31. The highest BCUT2D eigenvalue weighted by molar-refractivity contribution is 5.79. The van der Waals surface area contributed by atoms with E-state index in [-0.39, 0.29) is 30.5 Å². The first-order valence-electron chi connectivity index (χ1n) is 9.27. The van der Waals surface area contributed by atoms with Crippen molar-refractivity contribution in [2.45, 2.75) is 25.3 Å². The quantitative estimate of drug-likeness (QED) is 0.805. The van der Waals surface area contributed by atoms with Gasteiger partial charge in [0.05, 0.1) is 5.92 Å². The molecule has 146 valence electrons. The van der Waals surface area contributed by atoms with Crippen molar-refractivity contribution in [3.63, 3.8) is 0 Å². The van der Waals surface area contributed by atoms with E-state index in [2.05, 4.69) is 5.32 Å². The minimum Gasteiger partial charge on any atom is -0.484 e. The van der Waals surface area contributed by atoms with E-state index in [9.17, 15) is 14.4 Å². The molecule has 2 fully saturated rings. The highest BCUT2D eigenvalue weighted by Crippen LogP contribution is 2.18. The molecule has 2 aliphatic rings. The van der Waals surface area contributed by atoms with E-state index >= 15 is 0 Å². The predicted octanol–water partition coefficient (Wildman–Crippen LogP) is 1.17. The highest BCUT2D eigenvalue weighted by atomic mass is 16.5. The third kappa shape index (κ3) is 5.12. The Hall–Kier alpha value is -2.77. The van der Waals surface area contributed by atoms with Crippen molar-refractivity contribution in [3.05, 3.63) is 30.3 Å². The Kier molecular flexibility index (Phi) is 6.16. The summed E-state index contributed by atoms with van der Waals surface area (Å²) in [6.45, 7) is 1.93. The Morgan fingerprint density at radius 2 is 1.70 bits per heavy atom. The molecule has 1 atom stereocenters. The lowest BCUT2D eigenvalue weighted by molar-refractivity contribution is -0.143. The zero-order chi connectivity index (χ0) is 19.2. The van der Waals surface area contributed by atoms with Crippen LogP contribution in [0, 0.1) is 5.92 Å². The fourth-order valence-corrected chi connectivity index (χ4v) is 3.45. The van der Waals surface area contributed by atoms with Crippen LogP contribution in [-0.4, -0.2) is 71.6 Å². The number of urea groups is 1. The number of nitrogens with zero attached hydrogens (tertiary/aromatic N) is 2. The van der Waals surface area contributed by atoms with E-state index in [4.69, 9.17) is 9.84 Å². The van der Waals surface area contributed by atoms with Crippen molar-refractivity contribution in [2.75, 3.05) is 32.8 Å². The van der Waals surface area contributed by atoms with Crippen molar-refractivity contribution in [2.24, 2.45) is 5.92 Å². The van der Waals surface area contributed by atoms with Crippen LogP contribution < -0.4 is 10.1 Å². The van der Waals surface area contributed by atoms with Crippen molar-refractivity contribution in [1.82, 2.24) is 15.1 Å². The molecule has 1 aromatic carbocycles. The van der Waals surface area contributed by atoms with Crippen LogP contribution in [0.25, 0.3) is 0 Å². The van der Waals surface area contributed by atoms with E-state index in [0.717, 1.165) is 0 Å². The maximum Gasteiger partial charge on any atom is 0.317 e. The number of ether oxygens (including phenoxy) is 1. The molecule has 0 bridgehead atoms. The lowest BCUT2D eigenvalue weighted by Crippen LogP contribution is -2.49. The van der Waals surface area contributed by atoms with Gasteiger partial charge in [-0.25, -0.2) is 4.79 Å². The molecule has 2 N–H and O–H groups in total. The van der Waals surface area contributed by atoms with Crippen LogP contribution in [-0.2, 0) is 9.59 Å². The maximum absolute atomic E-state index is 12.4. The first-order valence-corrected chi connectivity index (χ1v) is 9.27. The number of aliphatic carboxylic acids is 1. The molecule has 2 aliphatic heterocycles. The topological polar surface area (TPSA) is 99.2 Å². The van der Waals surface area contributed by atoms with Crippen molar-refractivity contribution >= 4 is 17.9 Å². The molecular formula is C19H25N3O5. The second-order valence-electron chi connectivity index (χ2n) is 6.98. The van der Waals surface area contributed by atoms with E-state index in [1.54, 1.807) is 21.9 Å². The summed E-state index contributed by atoms with van der Waals surface area (Å²) in [7, 11) is 0. The molecule has 1 unspecified atom stereocenters. The summed E-state index contributed by atoms with van der Waals surface area (Å²) in [5.74, 6) is -0.603. The van der Waals surface area contributed by atoms with Gasteiger partial charge in [0, 0.05) is 32.2 Å². The van der Waals surface area contributed by atoms with E-state index in [0.29, 0.717) is 51.2 Å². The molecule has 3 amide bonds. The van der Waals surface area contributed by atoms with Gasteiger partial charge < -0.3 is 25.0 Å². The average Bonchev–Trinajstić information content (AvgIpc) is 3.15. The molecule has 1 aromatic rings. The monoisotopic (exact) mass is 375 g/mol. The van der Waals surface area contributed by atoms with Crippen molar-refractivity contribution < 1.29 is 24.2 Å². The SMILES string of the molecule is O=C(O)C1CCN(C(=O)NC2CCN(C(=O)COc3ccccc3)C2)CC1. The summed E-state index contributed by atoms with van der Waals surface area (Å²) in [5.41, 5.74) is 0. The number of para-hydroxylation sites is 1. The van der Waals surface area contributed by atoms with Gasteiger partial charge >= 0.3 is 12.0 Å². The number of carboxylic acid groups (broad SMARTS) is 1. The number of likely N-dealkylation sites (tertiary alicyclic amines) is 2. The number of hydrogen-bond donors (Lipinski definition) is 2. The number of amides is 3. The molecule has 0 aliphatic carbocycles. The molecule has 0 spiro atoms. The fourth-order valence-electron chi connectivity index (χ4n) is 3.45. The summed E-state index contributed by atoms with van der Waals surface area (Å²) in [6.07, 6.45) is 1.66. The average molecular weight is 375 g/mol. The zero-order valence-corrected chi connectivity index (χ0v) is 15.2. The van der Waals surface area contributed by atoms with Gasteiger partial charge in [0.15, 0.2) is 6.61 Å². The van der Waals surface area contributed by atoms with Gasteiger partial charge in [-0.05, 0) is 31.4 Å². The van der Waals surface area contributed by atoms with Gasteiger partial charge in [-0.1, -0.05) is 18.2 Å². The second-order valence-corrected chi connectivity index (χ2v) is 6.98. The standard InChI is InChI=1S/C19H25N3O5/c23-17(13-27-16-4-2-1-3-5-16)22-11-8-15(12-22)20-19(26)21-9-6-14(7-10-21)18(24)25/h1-5,14-15H,6-13H2,(H,20,26)(H,24,25). The summed E-state index contributed by atoms with van der Waals surface area (Å²) in [4.78, 5) is 39.0. The Balaban J connectivity index is 1.39. The van der Waals surface area contributed by atoms with Crippen LogP contribution in [0.15, 0.2) is 30.3 Å². The largest absolute Gasteiger partial charge is 0.484 e. The molecule has 2 heterocycles. The molecule has 8 heteroatoms. The molecular weight excluding hydrogens is 350 g/mol. The molecule has 0 aromatic heterocycles. The van der Waals surface area contributed by atoms with Crippen LogP contribution >= 0.6 is 0 Å². The Labute approximate surface area is 158 Å². The van der Waals surface area contributed by atoms with E-state index in [1.165, 1.54) is 0 Å². The number of carbonyl (C=O) groups is 3. The van der Waals surface area contributed by atoms with Crippen LogP contribution in [0.1, 0.15) is 19.3 Å². The maximum atomic E-state index is 12.4. The van der Waals surface area contributed by atoms with Crippen LogP contribution in [0.3, 0.4) is 0 Å². The Bertz CT molecular complexity index is 673. The number of hydrogen-bond acceptors (Lipinski definition) is 4. The van der Waals surface area contributed by atoms with Crippen LogP contribution in [0.4, 0.5) is 4.79 Å². The summed E-state index contributed by atoms with van der Waals surface area (Å²) >= 11 is 0. The minimum absolute atomic E-state index is 0.0205. The molecule has 2 saturated heterocycles. The third-order valence-electron chi connectivity index (χ3n) is 5.11. The third-order valence-corrected chi connectivity index (χ3v) is 5.11. The van der Waals surface area contributed by atoms with Crippen molar-refractivity contribution in [3.8, 4) is 5.75 Å². The number of rotatable bonds is 5. The van der Waals surface area contributed by atoms with Gasteiger partial charge in [-0.15, -0.1) is 0 Å². The lowest BCUT2D eigenvalue weighted by Gasteiger charge is -2.31. The minimum atomic E-state index is -0.794. The number of carbonyl (C=O) groups excluding carboxylic acids is 2. The second kappa shape index (κ2) is 8.75. The zero-order valence-electron chi connectivity index (χ0n) is 15.2. The number of benzene rings is 1. The van der Waals surface area contributed by atoms with Gasteiger partial charge in [-0.3, -0.25) is 9.59 Å². The van der Waals surface area contributed by atoms with Gasteiger partial charge in [0.2, 0.25) is 0 Å². The predicted molar refractivity (Wildman–Crippen MR) is 97.4 cm³/mol. The molecule has 3 rings (SSSR count). The number of nitrogens with one attached hydrogen (secondary N) is 1. The van der Waals surface area contributed by atoms with Crippen LogP contribution in [0.5, 0.6) is 5.75 Å². The molecule has 27 heavy (non-hydrogen) atoms. The Morgan fingerprint density at radius 3 is 2.37 bits per heavy atom. The van der Waals surface area contributed by atoms with E-state index < -0.39 is 5.97 Å². The fraction of sp³-hybridized carbons (Fsp3) is 0.526. The lowest BCUT2D eigenvalue weighted by atomic mass is 9.97. The van der Waals surface area contributed by atoms with Gasteiger partial charge in [0.1, 0.15) is 5.75 Å². The summed E-state index contributed by atoms with van der Waals surface area (Å²) in [6, 6.07) is 8.91. The molecule has 8 nitrogen and oxygen atoms in total. The van der Waals surface area contributed by atoms with Gasteiger partial charge in [0.25, 0.3) is 5.91 Å². The summed E-state index contributed by atoms with van der Waals surface area (Å²) < 4.78 is 5.49. The summed E-state index contributed by atoms with van der Waals surface area (Å²) in [5, 5.41) is 12.0. The Morgan fingerprint density at radius 1 is 1.04 bits per heavy atom. The first kappa shape index (κ1) is 19.0. The molecule has 0 saturated carbocycles. The van der Waals surface area contributed by atoms with Gasteiger partial charge in [-0.2, -0.15) is 0 Å². The number of carboxylic acids is 1. The molecule has 0 radical (unpaired) electrons. The van der Waals surface area contributed by atoms with Crippen molar-refractivity contribution in [1.29, 1.82) is 0 Å². The normalized spacial score (nSPS) is 20.4.